The molecule has 2 rings (SSSR count). The molecule has 4 nitrogen and oxygen atoms in total. The molecule has 5 heteroatoms. The maximum absolute atomic E-state index is 11.9. The van der Waals surface area contributed by atoms with E-state index in [0.717, 1.165) is 19.6 Å². The van der Waals surface area contributed by atoms with Crippen LogP contribution in [0.1, 0.15) is 39.5 Å². The lowest BCUT2D eigenvalue weighted by atomic mass is 9.91. The van der Waals surface area contributed by atoms with Gasteiger partial charge in [0.2, 0.25) is 0 Å². The van der Waals surface area contributed by atoms with Crippen LogP contribution in [0, 0.1) is 0 Å². The van der Waals surface area contributed by atoms with Crippen LogP contribution in [0.2, 0.25) is 0 Å². The number of nitrogens with zero attached hydrogens (tertiary/aromatic N) is 1. The second-order valence-corrected chi connectivity index (χ2v) is 8.27. The smallest absolute Gasteiger partial charge is 0.410 e. The molecule has 1 aliphatic heterocycles. The Morgan fingerprint density at radius 2 is 2.05 bits per heavy atom. The maximum atomic E-state index is 11.9. The highest BCUT2D eigenvalue weighted by Gasteiger charge is 2.34. The number of carbonyl (C=O) groups is 1. The van der Waals surface area contributed by atoms with Crippen LogP contribution in [0.25, 0.3) is 0 Å². The summed E-state index contributed by atoms with van der Waals surface area (Å²) in [6.45, 7) is 12.6. The van der Waals surface area contributed by atoms with E-state index in [0.29, 0.717) is 6.04 Å². The van der Waals surface area contributed by atoms with E-state index in [1.165, 1.54) is 4.88 Å². The van der Waals surface area contributed by atoms with Gasteiger partial charge in [0, 0.05) is 36.0 Å². The van der Waals surface area contributed by atoms with Gasteiger partial charge in [-0.15, -0.1) is 11.3 Å². The van der Waals surface area contributed by atoms with E-state index in [4.69, 9.17) is 4.74 Å². The van der Waals surface area contributed by atoms with E-state index in [1.54, 1.807) is 16.2 Å². The van der Waals surface area contributed by atoms with Crippen molar-refractivity contribution in [3.63, 3.8) is 0 Å². The zero-order chi connectivity index (χ0) is 15.7. The van der Waals surface area contributed by atoms with E-state index >= 15 is 0 Å². The molecule has 0 radical (unpaired) electrons. The van der Waals surface area contributed by atoms with Gasteiger partial charge in [0.1, 0.15) is 5.60 Å². The molecule has 1 aliphatic rings. The first kappa shape index (κ1) is 16.3. The summed E-state index contributed by atoms with van der Waals surface area (Å²) < 4.78 is 5.36. The highest BCUT2D eigenvalue weighted by Crippen LogP contribution is 2.27. The number of nitrogens with one attached hydrogen (secondary N) is 1. The summed E-state index contributed by atoms with van der Waals surface area (Å²) in [6, 6.07) is 4.65. The van der Waals surface area contributed by atoms with Gasteiger partial charge in [0.25, 0.3) is 0 Å². The molecule has 0 spiro atoms. The van der Waals surface area contributed by atoms with Crippen LogP contribution in [-0.4, -0.2) is 42.3 Å². The fourth-order valence-corrected chi connectivity index (χ4v) is 3.09. The summed E-state index contributed by atoms with van der Waals surface area (Å²) in [5, 5.41) is 5.67. The largest absolute Gasteiger partial charge is 0.444 e. The average Bonchev–Trinajstić information content (AvgIpc) is 2.77. The number of thiophene rings is 1. The van der Waals surface area contributed by atoms with Gasteiger partial charge in [0.05, 0.1) is 0 Å². The van der Waals surface area contributed by atoms with Gasteiger partial charge in [-0.1, -0.05) is 19.9 Å². The Balaban J connectivity index is 1.73. The van der Waals surface area contributed by atoms with E-state index in [1.807, 2.05) is 20.8 Å². The molecule has 21 heavy (non-hydrogen) atoms. The summed E-state index contributed by atoms with van der Waals surface area (Å²) >= 11 is 1.79. The predicted octanol–water partition coefficient (Wildman–Crippen LogP) is 3.23. The second-order valence-electron chi connectivity index (χ2n) is 7.32. The van der Waals surface area contributed by atoms with E-state index in [9.17, 15) is 4.79 Å². The van der Waals surface area contributed by atoms with Crippen molar-refractivity contribution in [3.05, 3.63) is 22.4 Å². The van der Waals surface area contributed by atoms with Crippen molar-refractivity contribution in [2.45, 2.75) is 51.7 Å². The van der Waals surface area contributed by atoms with Crippen molar-refractivity contribution >= 4 is 17.4 Å². The first-order valence-electron chi connectivity index (χ1n) is 7.43. The molecular formula is C16H26N2O2S. The molecule has 1 fully saturated rings. The molecule has 0 aromatic carbocycles. The minimum atomic E-state index is -0.420. The molecule has 0 saturated carbocycles. The normalized spacial score (nSPS) is 16.7. The van der Waals surface area contributed by atoms with Crippen LogP contribution in [0.5, 0.6) is 0 Å². The molecule has 0 aliphatic carbocycles. The van der Waals surface area contributed by atoms with Crippen LogP contribution in [-0.2, 0) is 10.2 Å². The van der Waals surface area contributed by atoms with Gasteiger partial charge >= 0.3 is 6.09 Å². The van der Waals surface area contributed by atoms with Gasteiger partial charge in [0.15, 0.2) is 0 Å². The van der Waals surface area contributed by atoms with E-state index < -0.39 is 5.60 Å². The molecule has 118 valence electrons. The van der Waals surface area contributed by atoms with Crippen LogP contribution < -0.4 is 5.32 Å². The van der Waals surface area contributed by atoms with Gasteiger partial charge in [-0.2, -0.15) is 0 Å². The van der Waals surface area contributed by atoms with E-state index in [-0.39, 0.29) is 11.5 Å². The molecule has 1 N–H and O–H groups in total. The minimum Gasteiger partial charge on any atom is -0.444 e. The van der Waals surface area contributed by atoms with Crippen molar-refractivity contribution in [2.24, 2.45) is 0 Å². The van der Waals surface area contributed by atoms with Crippen molar-refractivity contribution in [1.29, 1.82) is 0 Å². The molecule has 1 saturated heterocycles. The molecule has 0 unspecified atom stereocenters. The monoisotopic (exact) mass is 310 g/mol. The zero-order valence-corrected chi connectivity index (χ0v) is 14.4. The van der Waals surface area contributed by atoms with Gasteiger partial charge < -0.3 is 15.0 Å². The Labute approximate surface area is 131 Å². The summed E-state index contributed by atoms with van der Waals surface area (Å²) in [6.07, 6.45) is -0.210. The standard InChI is InChI=1S/C16H26N2O2S/c1-15(2,3)20-14(19)18-9-12(10-18)17-11-16(4,5)13-7-6-8-21-13/h6-8,12,17H,9-11H2,1-5H3. The van der Waals surface area contributed by atoms with Crippen molar-refractivity contribution in [3.8, 4) is 0 Å². The van der Waals surface area contributed by atoms with Gasteiger partial charge in [-0.3, -0.25) is 0 Å². The van der Waals surface area contributed by atoms with Gasteiger partial charge in [-0.05, 0) is 32.2 Å². The number of hydrogen-bond acceptors (Lipinski definition) is 4. The topological polar surface area (TPSA) is 41.6 Å². The predicted molar refractivity (Wildman–Crippen MR) is 86.9 cm³/mol. The van der Waals surface area contributed by atoms with Crippen molar-refractivity contribution in [2.75, 3.05) is 19.6 Å². The Morgan fingerprint density at radius 1 is 1.38 bits per heavy atom. The Morgan fingerprint density at radius 3 is 2.57 bits per heavy atom. The highest BCUT2D eigenvalue weighted by atomic mass is 32.1. The van der Waals surface area contributed by atoms with Crippen LogP contribution >= 0.6 is 11.3 Å². The number of ether oxygens (including phenoxy) is 1. The first-order valence-corrected chi connectivity index (χ1v) is 8.31. The summed E-state index contributed by atoms with van der Waals surface area (Å²) in [5.74, 6) is 0. The fraction of sp³-hybridized carbons (Fsp3) is 0.688. The van der Waals surface area contributed by atoms with E-state index in [2.05, 4.69) is 36.7 Å². The third-order valence-corrected chi connectivity index (χ3v) is 4.79. The molecule has 0 atom stereocenters. The second kappa shape index (κ2) is 5.97. The van der Waals surface area contributed by atoms with Crippen LogP contribution in [0.3, 0.4) is 0 Å². The molecule has 1 aromatic rings. The van der Waals surface area contributed by atoms with Crippen LogP contribution in [0.4, 0.5) is 4.79 Å². The third-order valence-electron chi connectivity index (χ3n) is 3.55. The lowest BCUT2D eigenvalue weighted by Gasteiger charge is -2.41. The quantitative estimate of drug-likeness (QED) is 0.928. The Hall–Kier alpha value is -1.07. The SMILES string of the molecule is CC(C)(C)OC(=O)N1CC(NCC(C)(C)c2cccs2)C1. The number of amides is 1. The Bertz CT molecular complexity index is 471. The number of likely N-dealkylation sites (tertiary alicyclic amines) is 1. The number of carbonyl (C=O) groups excluding carboxylic acids is 1. The lowest BCUT2D eigenvalue weighted by Crippen LogP contribution is -2.61. The average molecular weight is 310 g/mol. The van der Waals surface area contributed by atoms with Gasteiger partial charge in [-0.25, -0.2) is 4.79 Å². The lowest BCUT2D eigenvalue weighted by molar-refractivity contribution is 0.00499. The maximum Gasteiger partial charge on any atom is 0.410 e. The molecule has 0 bridgehead atoms. The molecule has 1 aromatic heterocycles. The zero-order valence-electron chi connectivity index (χ0n) is 13.6. The van der Waals surface area contributed by atoms with Crippen molar-refractivity contribution in [1.82, 2.24) is 10.2 Å². The highest BCUT2D eigenvalue weighted by molar-refractivity contribution is 7.10. The fourth-order valence-electron chi connectivity index (χ4n) is 2.23. The van der Waals surface area contributed by atoms with Crippen LogP contribution in [0.15, 0.2) is 17.5 Å². The van der Waals surface area contributed by atoms with Crippen molar-refractivity contribution < 1.29 is 9.53 Å². The summed E-state index contributed by atoms with van der Waals surface area (Å²) in [4.78, 5) is 15.0. The number of hydrogen-bond donors (Lipinski definition) is 1. The minimum absolute atomic E-state index is 0.126. The summed E-state index contributed by atoms with van der Waals surface area (Å²) in [5.41, 5.74) is -0.294. The third kappa shape index (κ3) is 4.45. The first-order chi connectivity index (χ1) is 9.67. The summed E-state index contributed by atoms with van der Waals surface area (Å²) in [7, 11) is 0. The Kier molecular flexibility index (Phi) is 4.63. The molecule has 2 heterocycles. The molecule has 1 amide bonds. The number of rotatable bonds is 4. The molecular weight excluding hydrogens is 284 g/mol.